The molecule has 2 aliphatic rings. The van der Waals surface area contributed by atoms with E-state index in [-0.39, 0.29) is 5.91 Å². The number of nitrogens with zero attached hydrogens (tertiary/aromatic N) is 1. The SMILES string of the molecule is O=C1C[C@H]2CN(Cc3ccc(F)c(F)c3)C[C@H]2CN1. The number of halogens is 2. The van der Waals surface area contributed by atoms with Crippen LogP contribution in [0.3, 0.4) is 0 Å². The Morgan fingerprint density at radius 3 is 2.79 bits per heavy atom. The van der Waals surface area contributed by atoms with Crippen LogP contribution in [0.1, 0.15) is 12.0 Å². The summed E-state index contributed by atoms with van der Waals surface area (Å²) in [5, 5.41) is 2.88. The molecule has 2 heterocycles. The molecule has 19 heavy (non-hydrogen) atoms. The Kier molecular flexibility index (Phi) is 3.22. The highest BCUT2D eigenvalue weighted by Crippen LogP contribution is 2.29. The molecule has 0 spiro atoms. The molecule has 1 amide bonds. The number of fused-ring (bicyclic) bond motifs is 1. The van der Waals surface area contributed by atoms with Gasteiger partial charge in [0.1, 0.15) is 0 Å². The molecule has 5 heteroatoms. The van der Waals surface area contributed by atoms with Crippen LogP contribution in [0.25, 0.3) is 0 Å². The van der Waals surface area contributed by atoms with E-state index >= 15 is 0 Å². The molecule has 0 bridgehead atoms. The summed E-state index contributed by atoms with van der Waals surface area (Å²) in [6.07, 6.45) is 0.582. The van der Waals surface area contributed by atoms with Crippen LogP contribution >= 0.6 is 0 Å². The lowest BCUT2D eigenvalue weighted by atomic mass is 9.89. The average Bonchev–Trinajstić information content (AvgIpc) is 2.75. The molecule has 0 unspecified atom stereocenters. The van der Waals surface area contributed by atoms with Crippen molar-refractivity contribution in [2.75, 3.05) is 19.6 Å². The first kappa shape index (κ1) is 12.5. The normalized spacial score (nSPS) is 27.2. The molecule has 2 aliphatic heterocycles. The molecule has 2 saturated heterocycles. The van der Waals surface area contributed by atoms with Gasteiger partial charge in [-0.15, -0.1) is 0 Å². The van der Waals surface area contributed by atoms with Crippen LogP contribution in [-0.2, 0) is 11.3 Å². The third-order valence-electron chi connectivity index (χ3n) is 4.05. The van der Waals surface area contributed by atoms with E-state index in [0.29, 0.717) is 24.8 Å². The summed E-state index contributed by atoms with van der Waals surface area (Å²) in [5.41, 5.74) is 0.775. The molecule has 0 aliphatic carbocycles. The van der Waals surface area contributed by atoms with Crippen LogP contribution in [0, 0.1) is 23.5 Å². The van der Waals surface area contributed by atoms with Crippen molar-refractivity contribution in [3.05, 3.63) is 35.4 Å². The highest BCUT2D eigenvalue weighted by atomic mass is 19.2. The van der Waals surface area contributed by atoms with Crippen LogP contribution in [0.5, 0.6) is 0 Å². The third-order valence-corrected chi connectivity index (χ3v) is 4.05. The topological polar surface area (TPSA) is 32.3 Å². The van der Waals surface area contributed by atoms with Gasteiger partial charge in [-0.2, -0.15) is 0 Å². The molecular formula is C14H16F2N2O. The first-order valence-corrected chi connectivity index (χ1v) is 6.55. The molecule has 0 radical (unpaired) electrons. The lowest BCUT2D eigenvalue weighted by Gasteiger charge is -2.23. The Morgan fingerprint density at radius 1 is 1.21 bits per heavy atom. The van der Waals surface area contributed by atoms with Crippen LogP contribution in [-0.4, -0.2) is 30.4 Å². The minimum atomic E-state index is -0.811. The van der Waals surface area contributed by atoms with Gasteiger partial charge in [-0.3, -0.25) is 9.69 Å². The number of rotatable bonds is 2. The van der Waals surface area contributed by atoms with Crippen molar-refractivity contribution >= 4 is 5.91 Å². The number of carbonyl (C=O) groups is 1. The van der Waals surface area contributed by atoms with E-state index in [1.54, 1.807) is 6.07 Å². The van der Waals surface area contributed by atoms with Gasteiger partial charge in [0, 0.05) is 32.6 Å². The molecule has 3 rings (SSSR count). The van der Waals surface area contributed by atoms with E-state index < -0.39 is 11.6 Å². The Hall–Kier alpha value is -1.49. The van der Waals surface area contributed by atoms with Gasteiger partial charge < -0.3 is 5.32 Å². The fourth-order valence-corrected chi connectivity index (χ4v) is 3.08. The predicted octanol–water partition coefficient (Wildman–Crippen LogP) is 1.53. The summed E-state index contributed by atoms with van der Waals surface area (Å²) in [6, 6.07) is 4.03. The van der Waals surface area contributed by atoms with Crippen molar-refractivity contribution in [1.29, 1.82) is 0 Å². The van der Waals surface area contributed by atoms with Gasteiger partial charge in [-0.05, 0) is 29.5 Å². The Labute approximate surface area is 110 Å². The second-order valence-corrected chi connectivity index (χ2v) is 5.47. The number of hydrogen-bond acceptors (Lipinski definition) is 2. The van der Waals surface area contributed by atoms with Crippen molar-refractivity contribution in [2.24, 2.45) is 11.8 Å². The van der Waals surface area contributed by atoms with E-state index in [1.165, 1.54) is 12.1 Å². The molecular weight excluding hydrogens is 250 g/mol. The molecule has 2 atom stereocenters. The van der Waals surface area contributed by atoms with Crippen LogP contribution in [0.4, 0.5) is 8.78 Å². The van der Waals surface area contributed by atoms with Gasteiger partial charge >= 0.3 is 0 Å². The van der Waals surface area contributed by atoms with Crippen LogP contribution in [0.15, 0.2) is 18.2 Å². The van der Waals surface area contributed by atoms with Crippen LogP contribution in [0.2, 0.25) is 0 Å². The van der Waals surface area contributed by atoms with Crippen molar-refractivity contribution in [3.8, 4) is 0 Å². The van der Waals surface area contributed by atoms with E-state index in [9.17, 15) is 13.6 Å². The lowest BCUT2D eigenvalue weighted by molar-refractivity contribution is -0.124. The van der Waals surface area contributed by atoms with Crippen molar-refractivity contribution in [3.63, 3.8) is 0 Å². The van der Waals surface area contributed by atoms with Gasteiger partial charge in [0.2, 0.25) is 5.91 Å². The number of likely N-dealkylation sites (tertiary alicyclic amines) is 1. The summed E-state index contributed by atoms with van der Waals surface area (Å²) in [6.45, 7) is 3.11. The first-order valence-electron chi connectivity index (χ1n) is 6.55. The Morgan fingerprint density at radius 2 is 2.00 bits per heavy atom. The number of carbonyl (C=O) groups excluding carboxylic acids is 1. The monoisotopic (exact) mass is 266 g/mol. The van der Waals surface area contributed by atoms with E-state index in [2.05, 4.69) is 10.2 Å². The highest BCUT2D eigenvalue weighted by molar-refractivity contribution is 5.77. The molecule has 0 saturated carbocycles. The minimum Gasteiger partial charge on any atom is -0.356 e. The minimum absolute atomic E-state index is 0.121. The number of hydrogen-bond donors (Lipinski definition) is 1. The third kappa shape index (κ3) is 2.61. The van der Waals surface area contributed by atoms with Gasteiger partial charge in [0.05, 0.1) is 0 Å². The lowest BCUT2D eigenvalue weighted by Crippen LogP contribution is -2.39. The maximum Gasteiger partial charge on any atom is 0.220 e. The van der Waals surface area contributed by atoms with E-state index in [4.69, 9.17) is 0 Å². The zero-order chi connectivity index (χ0) is 13.4. The smallest absolute Gasteiger partial charge is 0.220 e. The summed E-state index contributed by atoms with van der Waals surface area (Å²) in [4.78, 5) is 13.5. The number of nitrogens with one attached hydrogen (secondary N) is 1. The largest absolute Gasteiger partial charge is 0.356 e. The quantitative estimate of drug-likeness (QED) is 0.880. The highest BCUT2D eigenvalue weighted by Gasteiger charge is 2.36. The molecule has 1 aromatic carbocycles. The van der Waals surface area contributed by atoms with Crippen molar-refractivity contribution in [2.45, 2.75) is 13.0 Å². The summed E-state index contributed by atoms with van der Waals surface area (Å²) in [7, 11) is 0. The maximum atomic E-state index is 13.2. The Balaban J connectivity index is 1.65. The number of benzene rings is 1. The van der Waals surface area contributed by atoms with Gasteiger partial charge in [-0.25, -0.2) is 8.78 Å². The second kappa shape index (κ2) is 4.89. The summed E-state index contributed by atoms with van der Waals surface area (Å²) >= 11 is 0. The average molecular weight is 266 g/mol. The standard InChI is InChI=1S/C14H16F2N2O/c15-12-2-1-9(3-13(12)16)6-18-7-10-4-14(19)17-5-11(10)8-18/h1-3,10-11H,4-8H2,(H,17,19)/t10-,11+/m0/s1. The second-order valence-electron chi connectivity index (χ2n) is 5.47. The zero-order valence-corrected chi connectivity index (χ0v) is 10.5. The first-order chi connectivity index (χ1) is 9.11. The molecule has 2 fully saturated rings. The molecule has 1 aromatic rings. The van der Waals surface area contributed by atoms with Gasteiger partial charge in [0.25, 0.3) is 0 Å². The fourth-order valence-electron chi connectivity index (χ4n) is 3.08. The molecule has 102 valence electrons. The van der Waals surface area contributed by atoms with E-state index in [0.717, 1.165) is 25.2 Å². The number of amides is 1. The molecule has 1 N–H and O–H groups in total. The summed E-state index contributed by atoms with van der Waals surface area (Å²) < 4.78 is 26.0. The maximum absolute atomic E-state index is 13.2. The van der Waals surface area contributed by atoms with Crippen molar-refractivity contribution in [1.82, 2.24) is 10.2 Å². The van der Waals surface area contributed by atoms with Gasteiger partial charge in [-0.1, -0.05) is 6.07 Å². The molecule has 3 nitrogen and oxygen atoms in total. The van der Waals surface area contributed by atoms with Crippen LogP contribution < -0.4 is 5.32 Å². The summed E-state index contributed by atoms with van der Waals surface area (Å²) in [5.74, 6) is -0.599. The fraction of sp³-hybridized carbons (Fsp3) is 0.500. The van der Waals surface area contributed by atoms with Crippen molar-refractivity contribution < 1.29 is 13.6 Å². The Bertz CT molecular complexity index is 506. The number of piperidine rings is 1. The van der Waals surface area contributed by atoms with E-state index in [1.807, 2.05) is 0 Å². The zero-order valence-electron chi connectivity index (χ0n) is 10.5. The predicted molar refractivity (Wildman–Crippen MR) is 66.2 cm³/mol. The van der Waals surface area contributed by atoms with Gasteiger partial charge in [0.15, 0.2) is 11.6 Å². The molecule has 0 aromatic heterocycles.